The number of methoxy groups -OCH3 is 1. The molecule has 0 saturated heterocycles. The zero-order chi connectivity index (χ0) is 13.1. The van der Waals surface area contributed by atoms with Crippen molar-refractivity contribution >= 4 is 45.5 Å². The number of rotatable bonds is 4. The molecule has 0 atom stereocenters. The monoisotopic (exact) mass is 395 g/mol. The van der Waals surface area contributed by atoms with Crippen molar-refractivity contribution in [3.63, 3.8) is 0 Å². The molecule has 2 rings (SSSR count). The maximum atomic E-state index is 6.09. The van der Waals surface area contributed by atoms with E-state index in [-0.39, 0.29) is 0 Å². The van der Waals surface area contributed by atoms with Crippen LogP contribution in [0.15, 0.2) is 5.38 Å². The molecule has 0 aliphatic heterocycles. The summed E-state index contributed by atoms with van der Waals surface area (Å²) in [6.45, 7) is 2.41. The van der Waals surface area contributed by atoms with E-state index in [2.05, 4.69) is 37.5 Å². The molecule has 2 aromatic heterocycles. The molecule has 0 fully saturated rings. The Balaban J connectivity index is 2.28. The lowest BCUT2D eigenvalue weighted by Gasteiger charge is -2.06. The number of aromatic nitrogens is 3. The molecule has 7 heteroatoms. The first-order chi connectivity index (χ1) is 8.60. The van der Waals surface area contributed by atoms with E-state index >= 15 is 0 Å². The Morgan fingerprint density at radius 1 is 1.39 bits per heavy atom. The van der Waals surface area contributed by atoms with Gasteiger partial charge in [0.2, 0.25) is 0 Å². The summed E-state index contributed by atoms with van der Waals surface area (Å²) < 4.78 is 5.95. The van der Waals surface area contributed by atoms with Gasteiger partial charge in [0.05, 0.1) is 22.3 Å². The predicted molar refractivity (Wildman–Crippen MR) is 80.1 cm³/mol. The van der Waals surface area contributed by atoms with Crippen LogP contribution in [0.4, 0.5) is 0 Å². The van der Waals surface area contributed by atoms with E-state index < -0.39 is 0 Å². The predicted octanol–water partition coefficient (Wildman–Crippen LogP) is 3.24. The maximum Gasteiger partial charge on any atom is 0.146 e. The van der Waals surface area contributed by atoms with Crippen molar-refractivity contribution < 1.29 is 4.74 Å². The molecule has 96 valence electrons. The Bertz CT molecular complexity index is 561. The maximum absolute atomic E-state index is 6.09. The summed E-state index contributed by atoms with van der Waals surface area (Å²) in [6.07, 6.45) is 0.603. The van der Waals surface area contributed by atoms with Crippen molar-refractivity contribution in [1.29, 1.82) is 0 Å². The number of hydrogen-bond donors (Lipinski definition) is 0. The standard InChI is InChI=1S/C11H11ClIN3OS/c1-6-5-18-9(14-6)3-8-15-7(4-17-2)10(13)11(12)16-8/h5H,3-4H2,1-2H3. The largest absolute Gasteiger partial charge is 0.378 e. The molecule has 0 unspecified atom stereocenters. The van der Waals surface area contributed by atoms with Crippen molar-refractivity contribution in [2.45, 2.75) is 20.0 Å². The Labute approximate surface area is 128 Å². The fourth-order valence-corrected chi connectivity index (χ4v) is 2.81. The van der Waals surface area contributed by atoms with E-state index in [1.807, 2.05) is 12.3 Å². The smallest absolute Gasteiger partial charge is 0.146 e. The van der Waals surface area contributed by atoms with Gasteiger partial charge < -0.3 is 4.74 Å². The topological polar surface area (TPSA) is 47.9 Å². The summed E-state index contributed by atoms with van der Waals surface area (Å²) in [4.78, 5) is 13.1. The number of halogens is 2. The molecule has 0 amide bonds. The lowest BCUT2D eigenvalue weighted by Crippen LogP contribution is -2.05. The van der Waals surface area contributed by atoms with Gasteiger partial charge in [0.25, 0.3) is 0 Å². The lowest BCUT2D eigenvalue weighted by atomic mass is 10.3. The Morgan fingerprint density at radius 3 is 2.78 bits per heavy atom. The summed E-state index contributed by atoms with van der Waals surface area (Å²) in [6, 6.07) is 0. The molecular formula is C11H11ClIN3OS. The van der Waals surface area contributed by atoms with Crippen LogP contribution in [0.1, 0.15) is 22.2 Å². The third-order valence-electron chi connectivity index (χ3n) is 2.18. The highest BCUT2D eigenvalue weighted by molar-refractivity contribution is 14.1. The summed E-state index contributed by atoms with van der Waals surface area (Å²) in [5, 5.41) is 3.48. The number of ether oxygens (including phenoxy) is 1. The normalized spacial score (nSPS) is 10.9. The molecule has 2 heterocycles. The van der Waals surface area contributed by atoms with Crippen molar-refractivity contribution in [2.24, 2.45) is 0 Å². The van der Waals surface area contributed by atoms with E-state index in [9.17, 15) is 0 Å². The summed E-state index contributed by atoms with van der Waals surface area (Å²) >= 11 is 9.83. The van der Waals surface area contributed by atoms with Crippen LogP contribution in [-0.2, 0) is 17.8 Å². The zero-order valence-corrected chi connectivity index (χ0v) is 13.6. The molecule has 0 radical (unpaired) electrons. The Morgan fingerprint density at radius 2 is 2.17 bits per heavy atom. The highest BCUT2D eigenvalue weighted by atomic mass is 127. The second kappa shape index (κ2) is 6.23. The van der Waals surface area contributed by atoms with E-state index in [0.29, 0.717) is 24.0 Å². The summed E-state index contributed by atoms with van der Waals surface area (Å²) in [5.41, 5.74) is 1.84. The Hall–Kier alpha value is -0.310. The first kappa shape index (κ1) is 14.1. The SMILES string of the molecule is COCc1nc(Cc2nc(C)cs2)nc(Cl)c1I. The minimum absolute atomic E-state index is 0.435. The van der Waals surface area contributed by atoms with E-state index in [4.69, 9.17) is 16.3 Å². The van der Waals surface area contributed by atoms with Crippen LogP contribution >= 0.6 is 45.5 Å². The highest BCUT2D eigenvalue weighted by Crippen LogP contribution is 2.21. The second-order valence-electron chi connectivity index (χ2n) is 3.68. The fourth-order valence-electron chi connectivity index (χ4n) is 1.44. The average Bonchev–Trinajstić information content (AvgIpc) is 2.71. The van der Waals surface area contributed by atoms with Crippen molar-refractivity contribution in [1.82, 2.24) is 15.0 Å². The van der Waals surface area contributed by atoms with Crippen LogP contribution in [0.5, 0.6) is 0 Å². The average molecular weight is 396 g/mol. The second-order valence-corrected chi connectivity index (χ2v) is 6.06. The highest BCUT2D eigenvalue weighted by Gasteiger charge is 2.12. The van der Waals surface area contributed by atoms with Crippen molar-refractivity contribution in [3.05, 3.63) is 36.3 Å². The summed E-state index contributed by atoms with van der Waals surface area (Å²) in [5.74, 6) is 0.682. The minimum atomic E-state index is 0.435. The molecule has 0 N–H and O–H groups in total. The molecule has 4 nitrogen and oxygen atoms in total. The zero-order valence-electron chi connectivity index (χ0n) is 9.91. The first-order valence-electron chi connectivity index (χ1n) is 5.21. The van der Waals surface area contributed by atoms with E-state index in [1.165, 1.54) is 0 Å². The van der Waals surface area contributed by atoms with Gasteiger partial charge in [-0.2, -0.15) is 0 Å². The Kier molecular flexibility index (Phi) is 4.88. The number of thiazole rings is 1. The van der Waals surface area contributed by atoms with Gasteiger partial charge in [-0.25, -0.2) is 15.0 Å². The first-order valence-corrected chi connectivity index (χ1v) is 7.54. The van der Waals surface area contributed by atoms with Crippen LogP contribution in [0.2, 0.25) is 5.15 Å². The molecular weight excluding hydrogens is 385 g/mol. The van der Waals surface area contributed by atoms with Crippen molar-refractivity contribution in [3.8, 4) is 0 Å². The molecule has 0 saturated carbocycles. The van der Waals surface area contributed by atoms with Crippen LogP contribution < -0.4 is 0 Å². The van der Waals surface area contributed by atoms with Crippen LogP contribution in [0.3, 0.4) is 0 Å². The van der Waals surface area contributed by atoms with Gasteiger partial charge >= 0.3 is 0 Å². The van der Waals surface area contributed by atoms with Gasteiger partial charge in [0.1, 0.15) is 16.0 Å². The van der Waals surface area contributed by atoms with Gasteiger partial charge in [-0.15, -0.1) is 11.3 Å². The van der Waals surface area contributed by atoms with Gasteiger partial charge in [-0.3, -0.25) is 0 Å². The third kappa shape index (κ3) is 3.37. The molecule has 18 heavy (non-hydrogen) atoms. The number of nitrogens with zero attached hydrogens (tertiary/aromatic N) is 3. The number of aryl methyl sites for hydroxylation is 1. The molecule has 0 aromatic carbocycles. The molecule has 0 aliphatic carbocycles. The quantitative estimate of drug-likeness (QED) is 0.589. The number of hydrogen-bond acceptors (Lipinski definition) is 5. The molecule has 0 spiro atoms. The van der Waals surface area contributed by atoms with Gasteiger partial charge in [0, 0.05) is 18.2 Å². The molecule has 0 bridgehead atoms. The molecule has 0 aliphatic rings. The third-order valence-corrected chi connectivity index (χ3v) is 4.88. The van der Waals surface area contributed by atoms with Crippen LogP contribution in [0.25, 0.3) is 0 Å². The lowest BCUT2D eigenvalue weighted by molar-refractivity contribution is 0.180. The van der Waals surface area contributed by atoms with Gasteiger partial charge in [-0.05, 0) is 29.5 Å². The summed E-state index contributed by atoms with van der Waals surface area (Å²) in [7, 11) is 1.63. The van der Waals surface area contributed by atoms with Crippen LogP contribution in [0, 0.1) is 10.5 Å². The van der Waals surface area contributed by atoms with Crippen molar-refractivity contribution in [2.75, 3.05) is 7.11 Å². The fraction of sp³-hybridized carbons (Fsp3) is 0.364. The van der Waals surface area contributed by atoms with E-state index in [1.54, 1.807) is 18.4 Å². The minimum Gasteiger partial charge on any atom is -0.378 e. The van der Waals surface area contributed by atoms with Gasteiger partial charge in [0.15, 0.2) is 0 Å². The molecule has 2 aromatic rings. The van der Waals surface area contributed by atoms with E-state index in [0.717, 1.165) is 20.0 Å². The van der Waals surface area contributed by atoms with Crippen LogP contribution in [-0.4, -0.2) is 22.1 Å². The van der Waals surface area contributed by atoms with Gasteiger partial charge in [-0.1, -0.05) is 11.6 Å².